The maximum Gasteiger partial charge on any atom is 0.0385 e. The van der Waals surface area contributed by atoms with E-state index < -0.39 is 0 Å². The summed E-state index contributed by atoms with van der Waals surface area (Å²) in [4.78, 5) is 3.02. The third-order valence-corrected chi connectivity index (χ3v) is 4.82. The fourth-order valence-corrected chi connectivity index (χ4v) is 3.88. The molecule has 102 valence electrons. The molecule has 2 aliphatic carbocycles. The number of halogens is 1. The Morgan fingerprint density at radius 1 is 1.20 bits per heavy atom. The number of rotatable bonds is 2. The zero-order valence-corrected chi connectivity index (χ0v) is 12.6. The molecule has 0 heterocycles. The highest BCUT2D eigenvalue weighted by atomic mass is 79.9. The summed E-state index contributed by atoms with van der Waals surface area (Å²) < 4.78 is 1.10. The molecule has 1 fully saturated rings. The average molecular weight is 330 g/mol. The molecule has 1 aromatic carbocycles. The van der Waals surface area contributed by atoms with E-state index in [1.54, 1.807) is 0 Å². The minimum absolute atomic E-state index is 0.0985. The number of nitrogens with zero attached hydrogens (tertiary/aromatic N) is 3. The highest BCUT2D eigenvalue weighted by Gasteiger charge is 2.36. The molecule has 0 amide bonds. The third kappa shape index (κ3) is 2.67. The number of allylic oxidation sites excluding steroid dienone is 4. The molecule has 2 aliphatic rings. The first-order chi connectivity index (χ1) is 9.78. The number of azide groups is 1. The third-order valence-electron chi connectivity index (χ3n) is 4.32. The lowest BCUT2D eigenvalue weighted by Crippen LogP contribution is -2.32. The van der Waals surface area contributed by atoms with Crippen LogP contribution in [0.1, 0.15) is 24.3 Å². The van der Waals surface area contributed by atoms with Crippen molar-refractivity contribution in [2.45, 2.75) is 24.8 Å². The highest BCUT2D eigenvalue weighted by Crippen LogP contribution is 2.45. The van der Waals surface area contributed by atoms with Crippen LogP contribution >= 0.6 is 15.9 Å². The predicted octanol–water partition coefficient (Wildman–Crippen LogP) is 5.36. The van der Waals surface area contributed by atoms with Gasteiger partial charge in [-0.3, -0.25) is 0 Å². The predicted molar refractivity (Wildman–Crippen MR) is 84.3 cm³/mol. The molecular weight excluding hydrogens is 314 g/mol. The van der Waals surface area contributed by atoms with Crippen LogP contribution in [-0.2, 0) is 0 Å². The van der Waals surface area contributed by atoms with Crippen LogP contribution in [0.3, 0.4) is 0 Å². The minimum Gasteiger partial charge on any atom is -0.0906 e. The number of hydrogen-bond donors (Lipinski definition) is 0. The molecule has 4 atom stereocenters. The van der Waals surface area contributed by atoms with Gasteiger partial charge in [-0.05, 0) is 53.8 Å². The normalized spacial score (nSPS) is 31.4. The van der Waals surface area contributed by atoms with Crippen molar-refractivity contribution < 1.29 is 0 Å². The molecule has 0 aromatic heterocycles. The van der Waals surface area contributed by atoms with E-state index in [4.69, 9.17) is 5.53 Å². The van der Waals surface area contributed by atoms with Crippen molar-refractivity contribution in [2.75, 3.05) is 0 Å². The van der Waals surface area contributed by atoms with Gasteiger partial charge in [0.05, 0.1) is 0 Å². The molecule has 3 nitrogen and oxygen atoms in total. The van der Waals surface area contributed by atoms with Crippen LogP contribution in [0.5, 0.6) is 0 Å². The Morgan fingerprint density at radius 2 is 2.05 bits per heavy atom. The largest absolute Gasteiger partial charge is 0.0906 e. The molecule has 1 saturated carbocycles. The Balaban J connectivity index is 1.95. The smallest absolute Gasteiger partial charge is 0.0385 e. The molecule has 0 spiro atoms. The molecule has 0 N–H and O–H groups in total. The van der Waals surface area contributed by atoms with E-state index >= 15 is 0 Å². The first kappa shape index (κ1) is 13.5. The van der Waals surface area contributed by atoms with Crippen molar-refractivity contribution in [3.63, 3.8) is 0 Å². The van der Waals surface area contributed by atoms with E-state index in [-0.39, 0.29) is 6.04 Å². The maximum atomic E-state index is 8.73. The summed E-state index contributed by atoms with van der Waals surface area (Å²) in [5, 5.41) is 3.98. The number of fused-ring (bicyclic) bond motifs is 1. The summed E-state index contributed by atoms with van der Waals surface area (Å²) in [7, 11) is 0. The molecule has 0 bridgehead atoms. The molecular formula is C16H16BrN3. The lowest BCUT2D eigenvalue weighted by atomic mass is 9.66. The maximum absolute atomic E-state index is 8.73. The Hall–Kier alpha value is -1.51. The van der Waals surface area contributed by atoms with Gasteiger partial charge in [0, 0.05) is 15.4 Å². The molecule has 1 aromatic rings. The molecule has 4 unspecified atom stereocenters. The van der Waals surface area contributed by atoms with E-state index in [1.165, 1.54) is 5.56 Å². The topological polar surface area (TPSA) is 48.8 Å². The average Bonchev–Trinajstić information content (AvgIpc) is 2.47. The quantitative estimate of drug-likeness (QED) is 0.398. The van der Waals surface area contributed by atoms with Crippen molar-refractivity contribution >= 4 is 15.9 Å². The lowest BCUT2D eigenvalue weighted by Gasteiger charge is -2.39. The highest BCUT2D eigenvalue weighted by molar-refractivity contribution is 9.10. The first-order valence-corrected chi connectivity index (χ1v) is 7.72. The van der Waals surface area contributed by atoms with Crippen molar-refractivity contribution in [3.05, 3.63) is 69.0 Å². The van der Waals surface area contributed by atoms with Crippen LogP contribution in [0.4, 0.5) is 0 Å². The van der Waals surface area contributed by atoms with E-state index in [2.05, 4.69) is 68.5 Å². The van der Waals surface area contributed by atoms with Gasteiger partial charge < -0.3 is 0 Å². The fourth-order valence-electron chi connectivity index (χ4n) is 3.46. The Morgan fingerprint density at radius 3 is 2.85 bits per heavy atom. The molecule has 0 saturated heterocycles. The lowest BCUT2D eigenvalue weighted by molar-refractivity contribution is 0.262. The second-order valence-corrected chi connectivity index (χ2v) is 6.42. The van der Waals surface area contributed by atoms with Gasteiger partial charge in [-0.1, -0.05) is 57.5 Å². The van der Waals surface area contributed by atoms with E-state index in [1.807, 2.05) is 6.07 Å². The Labute approximate surface area is 127 Å². The Kier molecular flexibility index (Phi) is 3.95. The fraction of sp³-hybridized carbons (Fsp3) is 0.375. The summed E-state index contributed by atoms with van der Waals surface area (Å²) in [6, 6.07) is 8.59. The van der Waals surface area contributed by atoms with Gasteiger partial charge in [0.2, 0.25) is 0 Å². The second kappa shape index (κ2) is 5.86. The van der Waals surface area contributed by atoms with Crippen LogP contribution < -0.4 is 0 Å². The van der Waals surface area contributed by atoms with Gasteiger partial charge in [0.25, 0.3) is 0 Å². The van der Waals surface area contributed by atoms with Crippen molar-refractivity contribution in [3.8, 4) is 0 Å². The summed E-state index contributed by atoms with van der Waals surface area (Å²) in [5.41, 5.74) is 10.1. The van der Waals surface area contributed by atoms with Gasteiger partial charge >= 0.3 is 0 Å². The van der Waals surface area contributed by atoms with Crippen LogP contribution in [0.15, 0.2) is 58.2 Å². The summed E-state index contributed by atoms with van der Waals surface area (Å²) >= 11 is 3.55. The zero-order valence-electron chi connectivity index (χ0n) is 11.1. The van der Waals surface area contributed by atoms with Crippen molar-refractivity contribution in [1.82, 2.24) is 0 Å². The van der Waals surface area contributed by atoms with Gasteiger partial charge in [-0.2, -0.15) is 0 Å². The monoisotopic (exact) mass is 329 g/mol. The van der Waals surface area contributed by atoms with Crippen LogP contribution in [0.25, 0.3) is 10.4 Å². The number of benzene rings is 1. The standard InChI is InChI=1S/C16H16BrN3/c17-13-6-3-5-11(8-13)16-10-14(19-20-18)9-12-4-1-2-7-15(12)16/h1-8,12,14-16H,9-10H2. The van der Waals surface area contributed by atoms with E-state index in [0.29, 0.717) is 17.8 Å². The zero-order chi connectivity index (χ0) is 13.9. The van der Waals surface area contributed by atoms with Crippen molar-refractivity contribution in [2.24, 2.45) is 17.0 Å². The van der Waals surface area contributed by atoms with E-state index in [0.717, 1.165) is 17.3 Å². The summed E-state index contributed by atoms with van der Waals surface area (Å²) in [6.45, 7) is 0. The van der Waals surface area contributed by atoms with Crippen molar-refractivity contribution in [1.29, 1.82) is 0 Å². The van der Waals surface area contributed by atoms with Crippen LogP contribution in [0.2, 0.25) is 0 Å². The number of hydrogen-bond acceptors (Lipinski definition) is 1. The molecule has 20 heavy (non-hydrogen) atoms. The van der Waals surface area contributed by atoms with E-state index in [9.17, 15) is 0 Å². The summed E-state index contributed by atoms with van der Waals surface area (Å²) in [6.07, 6.45) is 10.7. The molecule has 4 heteroatoms. The Bertz CT molecular complexity index is 601. The van der Waals surface area contributed by atoms with Crippen LogP contribution in [-0.4, -0.2) is 6.04 Å². The molecule has 0 radical (unpaired) electrons. The minimum atomic E-state index is 0.0985. The first-order valence-electron chi connectivity index (χ1n) is 6.92. The van der Waals surface area contributed by atoms with Gasteiger partial charge in [-0.15, -0.1) is 0 Å². The molecule has 0 aliphatic heterocycles. The SMILES string of the molecule is [N-]=[N+]=NC1CC2C=CC=CC2C(c2cccc(Br)c2)C1. The second-order valence-electron chi connectivity index (χ2n) is 5.50. The summed E-state index contributed by atoms with van der Waals surface area (Å²) in [5.74, 6) is 1.41. The van der Waals surface area contributed by atoms with Gasteiger partial charge in [0.15, 0.2) is 0 Å². The van der Waals surface area contributed by atoms with Gasteiger partial charge in [-0.25, -0.2) is 0 Å². The van der Waals surface area contributed by atoms with Crippen LogP contribution in [0, 0.1) is 11.8 Å². The molecule has 3 rings (SSSR count). The van der Waals surface area contributed by atoms with Gasteiger partial charge in [0.1, 0.15) is 0 Å².